The molecule has 0 fully saturated rings. The molecule has 0 aromatic heterocycles. The predicted octanol–water partition coefficient (Wildman–Crippen LogP) is 3.30. The summed E-state index contributed by atoms with van der Waals surface area (Å²) in [6, 6.07) is 15.0. The molecule has 158 valence electrons. The molecule has 0 aliphatic heterocycles. The fraction of sp³-hybridized carbons (Fsp3) is 0.409. The molecule has 0 unspecified atom stereocenters. The molecule has 0 aliphatic carbocycles. The molecule has 0 radical (unpaired) electrons. The minimum Gasteiger partial charge on any atom is -0.491 e. The lowest BCUT2D eigenvalue weighted by Gasteiger charge is -2.22. The summed E-state index contributed by atoms with van der Waals surface area (Å²) in [5, 5.41) is 2.80. The molecule has 0 heterocycles. The molecule has 29 heavy (non-hydrogen) atoms. The molecule has 0 atom stereocenters. The van der Waals surface area contributed by atoms with Crippen LogP contribution >= 0.6 is 0 Å². The monoisotopic (exact) mass is 418 g/mol. The fourth-order valence-corrected chi connectivity index (χ4v) is 3.68. The van der Waals surface area contributed by atoms with E-state index >= 15 is 0 Å². The summed E-state index contributed by atoms with van der Waals surface area (Å²) in [7, 11) is -3.55. The fourth-order valence-electron chi connectivity index (χ4n) is 2.82. The Morgan fingerprint density at radius 1 is 1.07 bits per heavy atom. The van der Waals surface area contributed by atoms with E-state index in [1.165, 1.54) is 0 Å². The zero-order chi connectivity index (χ0) is 21.4. The number of nitrogens with one attached hydrogen (secondary N) is 1. The summed E-state index contributed by atoms with van der Waals surface area (Å²) >= 11 is 0. The molecule has 7 heteroatoms. The number of ether oxygens (including phenoxy) is 1. The zero-order valence-electron chi connectivity index (χ0n) is 17.5. The standard InChI is InChI=1S/C22H30N2O4S/c1-17(2)28-21-13-9-19(10-14-21)6-5-15-23-22(25)16-24(29(4,26)27)20-11-7-18(3)8-12-20/h7-14,17H,5-6,15-16H2,1-4H3,(H,23,25). The summed E-state index contributed by atoms with van der Waals surface area (Å²) in [4.78, 5) is 12.3. The average Bonchev–Trinajstić information content (AvgIpc) is 2.64. The predicted molar refractivity (Wildman–Crippen MR) is 117 cm³/mol. The molecule has 0 saturated carbocycles. The van der Waals surface area contributed by atoms with Gasteiger partial charge in [0.05, 0.1) is 18.0 Å². The van der Waals surface area contributed by atoms with Gasteiger partial charge < -0.3 is 10.1 Å². The number of hydrogen-bond donors (Lipinski definition) is 1. The summed E-state index contributed by atoms with van der Waals surface area (Å²) < 4.78 is 30.9. The molecule has 2 aromatic carbocycles. The van der Waals surface area contributed by atoms with Gasteiger partial charge in [0.25, 0.3) is 0 Å². The second-order valence-electron chi connectivity index (χ2n) is 7.37. The number of carbonyl (C=O) groups is 1. The summed E-state index contributed by atoms with van der Waals surface area (Å²) in [6.07, 6.45) is 2.82. The normalized spacial score (nSPS) is 11.3. The molecule has 0 aliphatic rings. The van der Waals surface area contributed by atoms with Crippen LogP contribution in [0.2, 0.25) is 0 Å². The third-order valence-electron chi connectivity index (χ3n) is 4.27. The lowest BCUT2D eigenvalue weighted by molar-refractivity contribution is -0.119. The molecule has 0 spiro atoms. The van der Waals surface area contributed by atoms with E-state index in [-0.39, 0.29) is 18.6 Å². The van der Waals surface area contributed by atoms with Crippen LogP contribution in [-0.4, -0.2) is 39.8 Å². The number of aryl methyl sites for hydroxylation is 2. The van der Waals surface area contributed by atoms with Crippen molar-refractivity contribution in [1.82, 2.24) is 5.32 Å². The average molecular weight is 419 g/mol. The van der Waals surface area contributed by atoms with Crippen molar-refractivity contribution in [2.45, 2.75) is 39.7 Å². The van der Waals surface area contributed by atoms with Crippen LogP contribution in [0.25, 0.3) is 0 Å². The largest absolute Gasteiger partial charge is 0.491 e. The molecule has 1 N–H and O–H groups in total. The highest BCUT2D eigenvalue weighted by atomic mass is 32.2. The first-order valence-corrected chi connectivity index (χ1v) is 11.6. The lowest BCUT2D eigenvalue weighted by atomic mass is 10.1. The SMILES string of the molecule is Cc1ccc(N(CC(=O)NCCCc2ccc(OC(C)C)cc2)S(C)(=O)=O)cc1. The van der Waals surface area contributed by atoms with E-state index < -0.39 is 10.0 Å². The number of carbonyl (C=O) groups excluding carboxylic acids is 1. The Kier molecular flexibility index (Phi) is 8.08. The topological polar surface area (TPSA) is 75.7 Å². The van der Waals surface area contributed by atoms with Crippen LogP contribution in [-0.2, 0) is 21.2 Å². The first-order valence-electron chi connectivity index (χ1n) is 9.72. The number of rotatable bonds is 10. The number of benzene rings is 2. The second-order valence-corrected chi connectivity index (χ2v) is 9.28. The Hall–Kier alpha value is -2.54. The van der Waals surface area contributed by atoms with E-state index in [1.807, 2.05) is 57.2 Å². The van der Waals surface area contributed by atoms with E-state index in [9.17, 15) is 13.2 Å². The lowest BCUT2D eigenvalue weighted by Crippen LogP contribution is -2.40. The highest BCUT2D eigenvalue weighted by Crippen LogP contribution is 2.18. The second kappa shape index (κ2) is 10.3. The zero-order valence-corrected chi connectivity index (χ0v) is 18.3. The van der Waals surface area contributed by atoms with Gasteiger partial charge in [-0.1, -0.05) is 29.8 Å². The van der Waals surface area contributed by atoms with E-state index in [0.29, 0.717) is 12.2 Å². The number of amides is 1. The van der Waals surface area contributed by atoms with Crippen LogP contribution in [0, 0.1) is 6.92 Å². The van der Waals surface area contributed by atoms with Gasteiger partial charge in [-0.3, -0.25) is 9.10 Å². The Balaban J connectivity index is 1.82. The maximum atomic E-state index is 12.3. The maximum absolute atomic E-state index is 12.3. The van der Waals surface area contributed by atoms with Crippen molar-refractivity contribution < 1.29 is 17.9 Å². The Labute approximate surface area is 173 Å². The van der Waals surface area contributed by atoms with Gasteiger partial charge in [0.15, 0.2) is 0 Å². The van der Waals surface area contributed by atoms with Crippen molar-refractivity contribution in [3.63, 3.8) is 0 Å². The first-order chi connectivity index (χ1) is 13.6. The van der Waals surface area contributed by atoms with E-state index in [4.69, 9.17) is 4.74 Å². The van der Waals surface area contributed by atoms with Crippen LogP contribution < -0.4 is 14.4 Å². The molecule has 2 rings (SSSR count). The van der Waals surface area contributed by atoms with Crippen molar-refractivity contribution in [3.05, 3.63) is 59.7 Å². The van der Waals surface area contributed by atoms with Crippen molar-refractivity contribution in [3.8, 4) is 5.75 Å². The van der Waals surface area contributed by atoms with Gasteiger partial charge in [0.2, 0.25) is 15.9 Å². The number of anilines is 1. The smallest absolute Gasteiger partial charge is 0.240 e. The number of hydrogen-bond acceptors (Lipinski definition) is 4. The Morgan fingerprint density at radius 3 is 2.24 bits per heavy atom. The van der Waals surface area contributed by atoms with Crippen LogP contribution in [0.3, 0.4) is 0 Å². The quantitative estimate of drug-likeness (QED) is 0.601. The van der Waals surface area contributed by atoms with Crippen molar-refractivity contribution in [1.29, 1.82) is 0 Å². The first kappa shape index (κ1) is 22.7. The highest BCUT2D eigenvalue weighted by Gasteiger charge is 2.20. The van der Waals surface area contributed by atoms with Crippen molar-refractivity contribution >= 4 is 21.6 Å². The van der Waals surface area contributed by atoms with E-state index in [1.54, 1.807) is 12.1 Å². The van der Waals surface area contributed by atoms with Gasteiger partial charge in [-0.25, -0.2) is 8.42 Å². The van der Waals surface area contributed by atoms with Gasteiger partial charge in [0.1, 0.15) is 12.3 Å². The Bertz CT molecular complexity index is 891. The van der Waals surface area contributed by atoms with Crippen LogP contribution in [0.1, 0.15) is 31.4 Å². The molecular formula is C22H30N2O4S. The van der Waals surface area contributed by atoms with Crippen molar-refractivity contribution in [2.75, 3.05) is 23.7 Å². The van der Waals surface area contributed by atoms with Crippen LogP contribution in [0.15, 0.2) is 48.5 Å². The van der Waals surface area contributed by atoms with Gasteiger partial charge in [-0.15, -0.1) is 0 Å². The summed E-state index contributed by atoms with van der Waals surface area (Å²) in [5.41, 5.74) is 2.67. The number of sulfonamides is 1. The maximum Gasteiger partial charge on any atom is 0.240 e. The Morgan fingerprint density at radius 2 is 1.69 bits per heavy atom. The minimum atomic E-state index is -3.55. The van der Waals surface area contributed by atoms with Gasteiger partial charge >= 0.3 is 0 Å². The van der Waals surface area contributed by atoms with E-state index in [0.717, 1.165) is 40.3 Å². The van der Waals surface area contributed by atoms with Gasteiger partial charge in [-0.05, 0) is 63.4 Å². The van der Waals surface area contributed by atoms with Gasteiger partial charge in [-0.2, -0.15) is 0 Å². The van der Waals surface area contributed by atoms with Gasteiger partial charge in [0, 0.05) is 6.54 Å². The highest BCUT2D eigenvalue weighted by molar-refractivity contribution is 7.92. The van der Waals surface area contributed by atoms with Crippen LogP contribution in [0.5, 0.6) is 5.75 Å². The molecule has 0 saturated heterocycles. The third-order valence-corrected chi connectivity index (χ3v) is 5.41. The molecule has 6 nitrogen and oxygen atoms in total. The van der Waals surface area contributed by atoms with Crippen molar-refractivity contribution in [2.24, 2.45) is 0 Å². The minimum absolute atomic E-state index is 0.141. The van der Waals surface area contributed by atoms with Crippen LogP contribution in [0.4, 0.5) is 5.69 Å². The molecule has 1 amide bonds. The van der Waals surface area contributed by atoms with E-state index in [2.05, 4.69) is 5.32 Å². The summed E-state index contributed by atoms with van der Waals surface area (Å²) in [6.45, 7) is 6.14. The number of nitrogens with zero attached hydrogens (tertiary/aromatic N) is 1. The molecule has 2 aromatic rings. The molecular weight excluding hydrogens is 388 g/mol. The third kappa shape index (κ3) is 7.77. The summed E-state index contributed by atoms with van der Waals surface area (Å²) in [5.74, 6) is 0.519. The molecule has 0 bridgehead atoms.